The van der Waals surface area contributed by atoms with E-state index in [-0.39, 0.29) is 69.8 Å². The SMILES string of the molecule is COc1c(C(=O)N[C@H](CO)c2cccc(Cl)c2)[nH]c(C)c1-c1cc(Cl)ncc1CO.Cc1[nH]c(C(=O)NC(O)C(O)c2ccccc2)c(C)c1-c1cc(Cl)ncc1C#N.Cc1[nH]c(C(=O)N[C@H](CO)c2cccc(Cl)c2)c(CO)c1-c1cc(Cl)ncn1.Cc1c(-c2cc(Cl)ncn2)c[nH]c1C(=O)NC(O)C(O)c1cccnc1. The Labute approximate surface area is 676 Å². The molecular formula is C78H74Cl6N16O13. The number of methoxy groups -OCH3 is 1. The Bertz CT molecular complexity index is 5390. The van der Waals surface area contributed by atoms with E-state index in [1.807, 2.05) is 0 Å². The number of ether oxygens (including phenoxy) is 1. The number of hydrogen-bond acceptors (Lipinski definition) is 21. The van der Waals surface area contributed by atoms with E-state index in [9.17, 15) is 65.3 Å². The number of nitrogens with zero attached hydrogens (tertiary/aromatic N) is 8. The number of halogens is 6. The minimum atomic E-state index is -1.50. The van der Waals surface area contributed by atoms with Crippen LogP contribution in [0.25, 0.3) is 44.8 Å². The summed E-state index contributed by atoms with van der Waals surface area (Å²) < 4.78 is 5.53. The number of carbonyl (C=O) groups excluding carboxylic acids is 4. The second-order valence-electron chi connectivity index (χ2n) is 24.9. The third-order valence-electron chi connectivity index (χ3n) is 17.5. The van der Waals surface area contributed by atoms with E-state index in [2.05, 4.69) is 82.2 Å². The Morgan fingerprint density at radius 3 is 1.53 bits per heavy atom. The first-order valence-corrected chi connectivity index (χ1v) is 36.3. The van der Waals surface area contributed by atoms with E-state index in [1.54, 1.807) is 162 Å². The van der Waals surface area contributed by atoms with Crippen LogP contribution in [0.1, 0.15) is 133 Å². The zero-order valence-electron chi connectivity index (χ0n) is 60.8. The van der Waals surface area contributed by atoms with Gasteiger partial charge in [0.1, 0.15) is 74.3 Å². The number of carbonyl (C=O) groups is 4. The molecule has 0 aliphatic heterocycles. The molecule has 113 heavy (non-hydrogen) atoms. The number of pyridine rings is 3. The largest absolute Gasteiger partial charge is 0.494 e. The molecule has 0 radical (unpaired) electrons. The molecule has 0 spiro atoms. The highest BCUT2D eigenvalue weighted by atomic mass is 35.5. The van der Waals surface area contributed by atoms with Crippen LogP contribution in [-0.2, 0) is 13.2 Å². The number of aliphatic hydroxyl groups excluding tert-OH is 8. The molecule has 4 unspecified atom stereocenters. The van der Waals surface area contributed by atoms with E-state index in [1.165, 1.54) is 38.4 Å². The Kier molecular flexibility index (Phi) is 30.4. The van der Waals surface area contributed by atoms with Crippen LogP contribution in [0.15, 0.2) is 159 Å². The van der Waals surface area contributed by atoms with Crippen LogP contribution in [0.5, 0.6) is 5.75 Å². The summed E-state index contributed by atoms with van der Waals surface area (Å²) in [4.78, 5) is 90.6. The van der Waals surface area contributed by atoms with Crippen LogP contribution >= 0.6 is 69.6 Å². The standard InChI is InChI=1S/C21H21Cl2N3O4.C21H19ClN4O3.C19H18Cl2N4O3.C17H16ClN5O3/c1-11-18(15-7-17(23)24-8-13(15)9-27)20(30-2)19(25-11)21(29)26-16(10-28)12-4-3-5-14(22)6-12;1-11-17(15-8-16(22)24-10-14(15)9-23)12(2)25-18(11)20(28)26-21(29)19(27)13-6-4-3-5-7-13;1-10-17(14-6-16(21)23-9-22-14)13(7-26)18(24-10)19(28)25-15(8-27)11-3-2-4-12(20)5-11;1-9-11(12-5-13(18)22-8-21-12)7-20-14(9)16(25)23-17(26)15(24)10-3-2-4-19-6-10/h3-8,16,25,27-28H,9-10H2,1-2H3,(H,26,29);3-8,10,19,21,25,27,29H,1-2H3,(H,26,28);2-6,9,15,24,26-27H,7-8H2,1H3,(H,25,28);2-8,15,17,20,24,26H,1H3,(H,23,25)/t16-;;15-;/m1.1./s1. The molecule has 35 heteroatoms. The molecule has 3 aromatic carbocycles. The molecule has 0 bridgehead atoms. The molecule has 0 aliphatic rings. The van der Waals surface area contributed by atoms with E-state index >= 15 is 0 Å². The molecule has 0 fully saturated rings. The van der Waals surface area contributed by atoms with Gasteiger partial charge in [-0.2, -0.15) is 5.26 Å². The normalized spacial score (nSPS) is 12.5. The number of aromatic amines is 4. The summed E-state index contributed by atoms with van der Waals surface area (Å²) in [7, 11) is 1.45. The van der Waals surface area contributed by atoms with Gasteiger partial charge in [-0.25, -0.2) is 29.9 Å². The molecule has 0 saturated carbocycles. The van der Waals surface area contributed by atoms with E-state index in [0.717, 1.165) is 0 Å². The van der Waals surface area contributed by atoms with Crippen molar-refractivity contribution >= 4 is 93.2 Å². The van der Waals surface area contributed by atoms with Crippen molar-refractivity contribution in [3.05, 3.63) is 279 Å². The third kappa shape index (κ3) is 21.2. The maximum Gasteiger partial charge on any atom is 0.272 e. The van der Waals surface area contributed by atoms with Gasteiger partial charge in [-0.1, -0.05) is 130 Å². The topological polar surface area (TPSA) is 465 Å². The highest BCUT2D eigenvalue weighted by molar-refractivity contribution is 6.31. The molecule has 9 heterocycles. The number of aryl methyl sites for hydroxylation is 3. The van der Waals surface area contributed by atoms with E-state index in [0.29, 0.717) is 128 Å². The summed E-state index contributed by atoms with van der Waals surface area (Å²) in [6, 6.07) is 32.6. The molecule has 4 amide bonds. The molecule has 29 nitrogen and oxygen atoms in total. The number of H-pyrrole nitrogens is 4. The predicted octanol–water partition coefficient (Wildman–Crippen LogP) is 11.3. The van der Waals surface area contributed by atoms with Gasteiger partial charge in [0.15, 0.2) is 18.2 Å². The second kappa shape index (κ2) is 39.9. The number of nitrogens with one attached hydrogen (secondary N) is 8. The fraction of sp³-hybridized carbons (Fsp3) is 0.205. The van der Waals surface area contributed by atoms with E-state index < -0.39 is 60.4 Å². The Balaban J connectivity index is 0.000000173. The fourth-order valence-corrected chi connectivity index (χ4v) is 13.1. The van der Waals surface area contributed by atoms with Crippen molar-refractivity contribution in [2.75, 3.05) is 20.3 Å². The number of rotatable bonds is 23. The average molecular weight is 1660 g/mol. The predicted molar refractivity (Wildman–Crippen MR) is 424 cm³/mol. The summed E-state index contributed by atoms with van der Waals surface area (Å²) in [6.45, 7) is 7.52. The lowest BCUT2D eigenvalue weighted by atomic mass is 9.98. The molecule has 12 aromatic rings. The van der Waals surface area contributed by atoms with Gasteiger partial charge < -0.3 is 86.8 Å². The zero-order valence-corrected chi connectivity index (χ0v) is 65.3. The second-order valence-corrected chi connectivity index (χ2v) is 27.3. The van der Waals surface area contributed by atoms with E-state index in [4.69, 9.17) is 74.3 Å². The Hall–Kier alpha value is -11.0. The molecule has 0 saturated heterocycles. The molecule has 6 atom stereocenters. The maximum absolute atomic E-state index is 13.0. The molecule has 586 valence electrons. The van der Waals surface area contributed by atoms with Crippen LogP contribution < -0.4 is 26.0 Å². The number of hydrogen-bond donors (Lipinski definition) is 16. The smallest absolute Gasteiger partial charge is 0.272 e. The van der Waals surface area contributed by atoms with Crippen molar-refractivity contribution in [3.63, 3.8) is 0 Å². The van der Waals surface area contributed by atoms with Gasteiger partial charge in [0.25, 0.3) is 23.6 Å². The van der Waals surface area contributed by atoms with Gasteiger partial charge >= 0.3 is 0 Å². The first-order chi connectivity index (χ1) is 54.1. The van der Waals surface area contributed by atoms with Gasteiger partial charge in [0.05, 0.1) is 62.6 Å². The van der Waals surface area contributed by atoms with Crippen molar-refractivity contribution in [1.82, 2.24) is 76.1 Å². The lowest BCUT2D eigenvalue weighted by Gasteiger charge is -2.19. The van der Waals surface area contributed by atoms with Crippen molar-refractivity contribution in [2.45, 2.75) is 84.6 Å². The zero-order chi connectivity index (χ0) is 81.9. The van der Waals surface area contributed by atoms with Gasteiger partial charge in [0, 0.05) is 115 Å². The molecule has 12 rings (SSSR count). The number of amides is 4. The maximum atomic E-state index is 13.0. The minimum absolute atomic E-state index is 0.183. The van der Waals surface area contributed by atoms with Crippen LogP contribution in [0.4, 0.5) is 0 Å². The summed E-state index contributed by atoms with van der Waals surface area (Å²) in [5, 5.41) is 101. The number of aromatic nitrogens is 11. The number of benzene rings is 3. The van der Waals surface area contributed by atoms with Crippen LogP contribution in [0, 0.1) is 45.9 Å². The third-order valence-corrected chi connectivity index (χ3v) is 18.8. The minimum Gasteiger partial charge on any atom is -0.494 e. The number of aliphatic hydroxyl groups is 8. The highest BCUT2D eigenvalue weighted by Crippen LogP contribution is 2.40. The van der Waals surface area contributed by atoms with Crippen LogP contribution in [0.3, 0.4) is 0 Å². The first kappa shape index (κ1) is 86.0. The summed E-state index contributed by atoms with van der Waals surface area (Å²) in [6.07, 6.45) is 4.50. The van der Waals surface area contributed by atoms with Crippen molar-refractivity contribution < 1.29 is 64.8 Å². The first-order valence-electron chi connectivity index (χ1n) is 34.0. The summed E-state index contributed by atoms with van der Waals surface area (Å²) in [5.41, 5.74) is 12.2. The highest BCUT2D eigenvalue weighted by Gasteiger charge is 2.31. The lowest BCUT2D eigenvalue weighted by molar-refractivity contribution is -0.00123. The van der Waals surface area contributed by atoms with Crippen molar-refractivity contribution in [3.8, 4) is 56.6 Å². The Morgan fingerprint density at radius 1 is 0.487 bits per heavy atom. The Morgan fingerprint density at radius 2 is 0.982 bits per heavy atom. The molecule has 9 aromatic heterocycles. The number of nitriles is 1. The van der Waals surface area contributed by atoms with Gasteiger partial charge in [0.2, 0.25) is 0 Å². The van der Waals surface area contributed by atoms with Crippen molar-refractivity contribution in [1.29, 1.82) is 5.26 Å². The van der Waals surface area contributed by atoms with Gasteiger partial charge in [-0.05, 0) is 110 Å². The quantitative estimate of drug-likeness (QED) is 0.0161. The average Bonchev–Trinajstić information content (AvgIpc) is 1.65. The summed E-state index contributed by atoms with van der Waals surface area (Å²) in [5.74, 6) is -1.80. The molecular weight excluding hydrogens is 1580 g/mol. The summed E-state index contributed by atoms with van der Waals surface area (Å²) >= 11 is 35.9. The lowest BCUT2D eigenvalue weighted by Crippen LogP contribution is -2.39. The monoisotopic (exact) mass is 1650 g/mol. The fourth-order valence-electron chi connectivity index (χ4n) is 12.1. The van der Waals surface area contributed by atoms with Gasteiger partial charge in [-0.15, -0.1) is 0 Å². The van der Waals surface area contributed by atoms with Crippen LogP contribution in [0.2, 0.25) is 30.7 Å². The van der Waals surface area contributed by atoms with Gasteiger partial charge in [-0.3, -0.25) is 24.2 Å². The molecule has 0 aliphatic carbocycles. The molecule has 16 N–H and O–H groups in total. The van der Waals surface area contributed by atoms with Crippen molar-refractivity contribution in [2.24, 2.45) is 0 Å². The van der Waals surface area contributed by atoms with Crippen LogP contribution in [-0.4, -0.2) is 152 Å².